The van der Waals surface area contributed by atoms with E-state index >= 15 is 0 Å². The molecule has 0 saturated carbocycles. The van der Waals surface area contributed by atoms with Crippen LogP contribution < -0.4 is 19.5 Å². The predicted octanol–water partition coefficient (Wildman–Crippen LogP) is 2.99. The van der Waals surface area contributed by atoms with Gasteiger partial charge in [-0.15, -0.1) is 10.2 Å². The van der Waals surface area contributed by atoms with E-state index in [9.17, 15) is 12.8 Å². The molecule has 0 radical (unpaired) electrons. The molecule has 1 aliphatic heterocycles. The molecule has 0 unspecified atom stereocenters. The third-order valence-electron chi connectivity index (χ3n) is 5.49. The van der Waals surface area contributed by atoms with Gasteiger partial charge in [-0.05, 0) is 37.6 Å². The Morgan fingerprint density at radius 2 is 1.92 bits per heavy atom. The lowest BCUT2D eigenvalue weighted by Crippen LogP contribution is -2.35. The maximum absolute atomic E-state index is 13.3. The average molecular weight is 516 g/mol. The molecule has 0 amide bonds. The van der Waals surface area contributed by atoms with Crippen LogP contribution in [0.3, 0.4) is 0 Å². The number of halogens is 1. The highest BCUT2D eigenvalue weighted by Gasteiger charge is 2.29. The summed E-state index contributed by atoms with van der Waals surface area (Å²) in [6, 6.07) is 7.05. The van der Waals surface area contributed by atoms with Gasteiger partial charge < -0.3 is 14.8 Å². The number of nitrogens with zero attached hydrogens (tertiary/aromatic N) is 5. The molecule has 3 heterocycles. The molecule has 1 aromatic carbocycles. The van der Waals surface area contributed by atoms with Gasteiger partial charge >= 0.3 is 0 Å². The number of aliphatic imine (C=N–C) groups is 1. The second kappa shape index (κ2) is 10.3. The summed E-state index contributed by atoms with van der Waals surface area (Å²) < 4.78 is 55.0. The normalized spacial score (nSPS) is 14.4. The smallest absolute Gasteiger partial charge is 0.243 e. The van der Waals surface area contributed by atoms with E-state index in [0.717, 1.165) is 11.8 Å². The summed E-state index contributed by atoms with van der Waals surface area (Å²) in [5, 5.41) is 10.3. The molecule has 0 bridgehead atoms. The topological polar surface area (TPSA) is 133 Å². The van der Waals surface area contributed by atoms with E-state index in [-0.39, 0.29) is 18.9 Å². The monoisotopic (exact) mass is 515 g/mol. The summed E-state index contributed by atoms with van der Waals surface area (Å²) in [6.07, 6.45) is 4.42. The summed E-state index contributed by atoms with van der Waals surface area (Å²) in [7, 11) is -0.983. The third kappa shape index (κ3) is 5.15. The van der Waals surface area contributed by atoms with E-state index in [1.807, 2.05) is 13.0 Å². The van der Waals surface area contributed by atoms with Gasteiger partial charge in [0.2, 0.25) is 16.0 Å². The SMILES string of the molecule is COc1cccc(OC)c1-n1c(NS(=O)(=O)[C@@H](C)CC2=NC=C(F)CN2)nnc1-c1cncc(C)c1. The molecule has 2 aromatic heterocycles. The second-order valence-electron chi connectivity index (χ2n) is 8.11. The minimum Gasteiger partial charge on any atom is -0.494 e. The van der Waals surface area contributed by atoms with Crippen molar-refractivity contribution >= 4 is 21.8 Å². The zero-order chi connectivity index (χ0) is 25.9. The lowest BCUT2D eigenvalue weighted by Gasteiger charge is -2.20. The molecular weight excluding hydrogens is 489 g/mol. The van der Waals surface area contributed by atoms with E-state index < -0.39 is 21.1 Å². The van der Waals surface area contributed by atoms with Gasteiger partial charge in [0.1, 0.15) is 28.8 Å². The van der Waals surface area contributed by atoms with Gasteiger partial charge in [0.15, 0.2) is 5.82 Å². The van der Waals surface area contributed by atoms with E-state index in [4.69, 9.17) is 9.47 Å². The van der Waals surface area contributed by atoms with Crippen molar-refractivity contribution < 1.29 is 22.3 Å². The van der Waals surface area contributed by atoms with Crippen molar-refractivity contribution in [2.45, 2.75) is 25.5 Å². The van der Waals surface area contributed by atoms with E-state index in [1.165, 1.54) is 25.7 Å². The highest BCUT2D eigenvalue weighted by molar-refractivity contribution is 7.93. The Bertz CT molecular complexity index is 1410. The first kappa shape index (κ1) is 25.1. The van der Waals surface area contributed by atoms with E-state index in [2.05, 4.69) is 30.2 Å². The van der Waals surface area contributed by atoms with Crippen molar-refractivity contribution in [3.05, 3.63) is 54.2 Å². The fourth-order valence-electron chi connectivity index (χ4n) is 3.64. The Morgan fingerprint density at radius 1 is 1.19 bits per heavy atom. The summed E-state index contributed by atoms with van der Waals surface area (Å²) in [4.78, 5) is 8.17. The Labute approximate surface area is 208 Å². The van der Waals surface area contributed by atoms with Crippen LogP contribution in [0.15, 0.2) is 53.7 Å². The summed E-state index contributed by atoms with van der Waals surface area (Å²) in [5.74, 6) is 1.04. The molecule has 1 aliphatic rings. The zero-order valence-corrected chi connectivity index (χ0v) is 21.0. The minimum absolute atomic E-state index is 0.0329. The molecule has 0 aliphatic carbocycles. The van der Waals surface area contributed by atoms with E-state index in [1.54, 1.807) is 30.6 Å². The fourth-order valence-corrected chi connectivity index (χ4v) is 4.60. The van der Waals surface area contributed by atoms with Crippen LogP contribution in [0.1, 0.15) is 18.9 Å². The van der Waals surface area contributed by atoms with Gasteiger partial charge in [0, 0.05) is 24.4 Å². The number of benzene rings is 1. The maximum Gasteiger partial charge on any atom is 0.243 e. The summed E-state index contributed by atoms with van der Waals surface area (Å²) in [6.45, 7) is 3.38. The molecule has 36 heavy (non-hydrogen) atoms. The summed E-state index contributed by atoms with van der Waals surface area (Å²) >= 11 is 0. The number of pyridine rings is 1. The van der Waals surface area contributed by atoms with Crippen molar-refractivity contribution in [3.8, 4) is 28.6 Å². The number of hydrogen-bond acceptors (Lipinski definition) is 9. The van der Waals surface area contributed by atoms with Gasteiger partial charge in [-0.25, -0.2) is 17.8 Å². The molecule has 190 valence electrons. The number of para-hydroxylation sites is 1. The number of rotatable bonds is 9. The minimum atomic E-state index is -3.98. The molecule has 11 nitrogen and oxygen atoms in total. The second-order valence-corrected chi connectivity index (χ2v) is 10.2. The lowest BCUT2D eigenvalue weighted by atomic mass is 10.2. The molecular formula is C23H26FN7O4S. The number of nitrogens with one attached hydrogen (secondary N) is 2. The average Bonchev–Trinajstić information content (AvgIpc) is 3.27. The van der Waals surface area contributed by atoms with Crippen LogP contribution in [0.5, 0.6) is 11.5 Å². The third-order valence-corrected chi connectivity index (χ3v) is 7.18. The van der Waals surface area contributed by atoms with Crippen molar-refractivity contribution in [3.63, 3.8) is 0 Å². The standard InChI is InChI=1S/C23H26FN7O4S/c1-14-8-16(11-25-10-14)22-28-29-23(31(22)21-18(34-3)6-5-7-19(21)35-4)30-36(32,33)15(2)9-20-26-12-17(24)13-27-20/h5-8,10-12,15H,9,13H2,1-4H3,(H,26,27)(H,29,30)/t15-/m0/s1. The van der Waals surface area contributed by atoms with Crippen LogP contribution in [0.25, 0.3) is 17.1 Å². The number of methoxy groups -OCH3 is 2. The number of aryl methyl sites for hydroxylation is 1. The quantitative estimate of drug-likeness (QED) is 0.444. The van der Waals surface area contributed by atoms with Gasteiger partial charge in [-0.1, -0.05) is 6.07 Å². The number of anilines is 1. The van der Waals surface area contributed by atoms with Gasteiger partial charge in [0.05, 0.1) is 32.2 Å². The van der Waals surface area contributed by atoms with Gasteiger partial charge in [-0.3, -0.25) is 14.3 Å². The summed E-state index contributed by atoms with van der Waals surface area (Å²) in [5.41, 5.74) is 1.91. The number of hydrogen-bond donors (Lipinski definition) is 2. The van der Waals surface area contributed by atoms with Gasteiger partial charge in [0.25, 0.3) is 0 Å². The van der Waals surface area contributed by atoms with E-state index in [0.29, 0.717) is 34.4 Å². The largest absolute Gasteiger partial charge is 0.494 e. The molecule has 1 atom stereocenters. The molecule has 4 rings (SSSR count). The Hall–Kier alpha value is -4.00. The maximum atomic E-state index is 13.3. The van der Waals surface area contributed by atoms with Gasteiger partial charge in [-0.2, -0.15) is 0 Å². The van der Waals surface area contributed by atoms with Crippen LogP contribution in [0, 0.1) is 6.92 Å². The molecule has 2 N–H and O–H groups in total. The molecule has 0 saturated heterocycles. The molecule has 13 heteroatoms. The Morgan fingerprint density at radius 3 is 2.53 bits per heavy atom. The molecule has 0 fully saturated rings. The first-order chi connectivity index (χ1) is 17.2. The van der Waals surface area contributed by atoms with Crippen molar-refractivity contribution in [2.75, 3.05) is 25.5 Å². The van der Waals surface area contributed by atoms with Crippen LogP contribution >= 0.6 is 0 Å². The number of aromatic nitrogens is 4. The van der Waals surface area contributed by atoms with Crippen molar-refractivity contribution in [1.29, 1.82) is 0 Å². The molecule has 0 spiro atoms. The van der Waals surface area contributed by atoms with Crippen molar-refractivity contribution in [1.82, 2.24) is 25.1 Å². The highest BCUT2D eigenvalue weighted by atomic mass is 32.2. The number of amidine groups is 1. The molecule has 3 aromatic rings. The van der Waals surface area contributed by atoms with Crippen LogP contribution in [-0.4, -0.2) is 60.0 Å². The first-order valence-electron chi connectivity index (χ1n) is 11.0. The first-order valence-corrected chi connectivity index (χ1v) is 12.5. The fraction of sp³-hybridized carbons (Fsp3) is 0.304. The van der Waals surface area contributed by atoms with Crippen LogP contribution in [0.4, 0.5) is 10.3 Å². The van der Waals surface area contributed by atoms with Crippen LogP contribution in [0.2, 0.25) is 0 Å². The lowest BCUT2D eigenvalue weighted by molar-refractivity contribution is 0.391. The van der Waals surface area contributed by atoms with Crippen LogP contribution in [-0.2, 0) is 10.0 Å². The number of ether oxygens (including phenoxy) is 2. The predicted molar refractivity (Wildman–Crippen MR) is 134 cm³/mol. The zero-order valence-electron chi connectivity index (χ0n) is 20.2. The number of sulfonamides is 1. The van der Waals surface area contributed by atoms with Crippen molar-refractivity contribution in [2.24, 2.45) is 4.99 Å². The highest BCUT2D eigenvalue weighted by Crippen LogP contribution is 2.37. The Kier molecular flexibility index (Phi) is 7.20. The Balaban J connectivity index is 1.79.